The number of rotatable bonds is 5. The number of carboxylic acid groups (broad SMARTS) is 1. The van der Waals surface area contributed by atoms with E-state index in [1.807, 2.05) is 0 Å². The first-order valence-corrected chi connectivity index (χ1v) is 7.70. The van der Waals surface area contributed by atoms with Crippen molar-refractivity contribution < 1.29 is 18.7 Å². The molecule has 0 aromatic heterocycles. The third kappa shape index (κ3) is 3.62. The minimum absolute atomic E-state index is 0.225. The van der Waals surface area contributed by atoms with Gasteiger partial charge in [-0.3, -0.25) is 4.79 Å². The van der Waals surface area contributed by atoms with Gasteiger partial charge in [0, 0.05) is 11.6 Å². The van der Waals surface area contributed by atoms with Crippen LogP contribution in [0, 0.1) is 32.4 Å². The molecule has 24 heavy (non-hydrogen) atoms. The highest BCUT2D eigenvalue weighted by Gasteiger charge is 2.21. The number of benzene rings is 2. The summed E-state index contributed by atoms with van der Waals surface area (Å²) in [7, 11) is 1.60. The Hall–Kier alpha value is -2.27. The van der Waals surface area contributed by atoms with E-state index in [4.69, 9.17) is 5.11 Å². The molecule has 0 aliphatic heterocycles. The van der Waals surface area contributed by atoms with E-state index in [-0.39, 0.29) is 12.2 Å². The van der Waals surface area contributed by atoms with Crippen molar-refractivity contribution in [3.63, 3.8) is 0 Å². The second kappa shape index (κ2) is 7.09. The third-order valence-electron chi connectivity index (χ3n) is 4.17. The number of nitrogens with one attached hydrogen (secondary N) is 1. The quantitative estimate of drug-likeness (QED) is 0.858. The Morgan fingerprint density at radius 3 is 2.17 bits per heavy atom. The van der Waals surface area contributed by atoms with Gasteiger partial charge in [0.2, 0.25) is 0 Å². The monoisotopic (exact) mass is 333 g/mol. The molecule has 3 nitrogen and oxygen atoms in total. The average molecular weight is 333 g/mol. The van der Waals surface area contributed by atoms with Crippen molar-refractivity contribution in [3.8, 4) is 11.1 Å². The van der Waals surface area contributed by atoms with Crippen molar-refractivity contribution in [1.82, 2.24) is 5.32 Å². The SMILES string of the molecule is CN[C@@H](CC(=O)O)c1cc(-c2c(C)cc(F)cc2C)cc(C)c1F. The molecule has 0 saturated heterocycles. The van der Waals surface area contributed by atoms with Gasteiger partial charge < -0.3 is 10.4 Å². The molecule has 0 amide bonds. The molecule has 0 radical (unpaired) electrons. The first-order chi connectivity index (χ1) is 11.2. The van der Waals surface area contributed by atoms with E-state index < -0.39 is 17.8 Å². The van der Waals surface area contributed by atoms with Gasteiger partial charge >= 0.3 is 5.97 Å². The van der Waals surface area contributed by atoms with Crippen molar-refractivity contribution in [3.05, 3.63) is 58.2 Å². The van der Waals surface area contributed by atoms with Crippen LogP contribution in [0.4, 0.5) is 8.78 Å². The number of hydrogen-bond acceptors (Lipinski definition) is 2. The Balaban J connectivity index is 2.64. The minimum Gasteiger partial charge on any atom is -0.481 e. The van der Waals surface area contributed by atoms with Crippen LogP contribution in [0.5, 0.6) is 0 Å². The van der Waals surface area contributed by atoms with Crippen molar-refractivity contribution >= 4 is 5.97 Å². The van der Waals surface area contributed by atoms with E-state index in [0.717, 1.165) is 22.3 Å². The van der Waals surface area contributed by atoms with E-state index in [0.29, 0.717) is 11.1 Å². The Kier molecular flexibility index (Phi) is 5.34. The lowest BCUT2D eigenvalue weighted by Crippen LogP contribution is -2.21. The van der Waals surface area contributed by atoms with Crippen LogP contribution in [-0.4, -0.2) is 18.1 Å². The van der Waals surface area contributed by atoms with E-state index in [1.165, 1.54) is 12.1 Å². The molecule has 2 N–H and O–H groups in total. The molecule has 0 bridgehead atoms. The predicted octanol–water partition coefficient (Wildman–Crippen LogP) is 4.29. The van der Waals surface area contributed by atoms with Crippen LogP contribution in [0.15, 0.2) is 24.3 Å². The zero-order valence-electron chi connectivity index (χ0n) is 14.2. The summed E-state index contributed by atoms with van der Waals surface area (Å²) in [5, 5.41) is 11.9. The topological polar surface area (TPSA) is 49.3 Å². The summed E-state index contributed by atoms with van der Waals surface area (Å²) < 4.78 is 28.1. The van der Waals surface area contributed by atoms with E-state index in [2.05, 4.69) is 5.32 Å². The molecule has 128 valence electrons. The summed E-state index contributed by atoms with van der Waals surface area (Å²) >= 11 is 0. The lowest BCUT2D eigenvalue weighted by molar-refractivity contribution is -0.137. The van der Waals surface area contributed by atoms with E-state index in [9.17, 15) is 13.6 Å². The Morgan fingerprint density at radius 1 is 1.08 bits per heavy atom. The molecule has 0 fully saturated rings. The lowest BCUT2D eigenvalue weighted by Gasteiger charge is -2.19. The Morgan fingerprint density at radius 2 is 1.67 bits per heavy atom. The second-order valence-electron chi connectivity index (χ2n) is 6.05. The van der Waals surface area contributed by atoms with Crippen LogP contribution in [0.2, 0.25) is 0 Å². The molecule has 0 unspecified atom stereocenters. The smallest absolute Gasteiger partial charge is 0.305 e. The van der Waals surface area contributed by atoms with Gasteiger partial charge in [-0.25, -0.2) is 8.78 Å². The van der Waals surface area contributed by atoms with Crippen molar-refractivity contribution in [2.45, 2.75) is 33.2 Å². The number of aryl methyl sites for hydroxylation is 3. The van der Waals surface area contributed by atoms with Gasteiger partial charge in [0.25, 0.3) is 0 Å². The predicted molar refractivity (Wildman–Crippen MR) is 90.1 cm³/mol. The van der Waals surface area contributed by atoms with Crippen molar-refractivity contribution in [2.24, 2.45) is 0 Å². The van der Waals surface area contributed by atoms with Crippen LogP contribution in [0.3, 0.4) is 0 Å². The van der Waals surface area contributed by atoms with Crippen LogP contribution < -0.4 is 5.32 Å². The van der Waals surface area contributed by atoms with Crippen LogP contribution in [0.1, 0.15) is 34.7 Å². The number of carboxylic acids is 1. The molecule has 0 spiro atoms. The van der Waals surface area contributed by atoms with Crippen LogP contribution in [-0.2, 0) is 4.79 Å². The van der Waals surface area contributed by atoms with Gasteiger partial charge in [-0.1, -0.05) is 0 Å². The fourth-order valence-electron chi connectivity index (χ4n) is 3.10. The molecule has 2 aromatic rings. The number of carbonyl (C=O) groups is 1. The largest absolute Gasteiger partial charge is 0.481 e. The summed E-state index contributed by atoms with van der Waals surface area (Å²) in [5.74, 6) is -1.74. The first kappa shape index (κ1) is 18.1. The molecule has 5 heteroatoms. The van der Waals surface area contributed by atoms with Crippen molar-refractivity contribution in [1.29, 1.82) is 0 Å². The molecular weight excluding hydrogens is 312 g/mol. The van der Waals surface area contributed by atoms with E-state index >= 15 is 0 Å². The van der Waals surface area contributed by atoms with Gasteiger partial charge in [0.1, 0.15) is 11.6 Å². The highest BCUT2D eigenvalue weighted by atomic mass is 19.1. The van der Waals surface area contributed by atoms with Gasteiger partial charge in [-0.15, -0.1) is 0 Å². The second-order valence-corrected chi connectivity index (χ2v) is 6.05. The maximum atomic E-state index is 14.6. The summed E-state index contributed by atoms with van der Waals surface area (Å²) in [6, 6.07) is 5.60. The Bertz CT molecular complexity index is 764. The number of halogens is 2. The zero-order chi connectivity index (χ0) is 18.0. The maximum absolute atomic E-state index is 14.6. The zero-order valence-corrected chi connectivity index (χ0v) is 14.2. The summed E-state index contributed by atoms with van der Waals surface area (Å²) in [6.45, 7) is 5.25. The summed E-state index contributed by atoms with van der Waals surface area (Å²) in [4.78, 5) is 11.0. The Labute approximate surface area is 140 Å². The third-order valence-corrected chi connectivity index (χ3v) is 4.17. The fourth-order valence-corrected chi connectivity index (χ4v) is 3.10. The molecule has 0 heterocycles. The first-order valence-electron chi connectivity index (χ1n) is 7.70. The van der Waals surface area contributed by atoms with Gasteiger partial charge in [0.05, 0.1) is 6.42 Å². The van der Waals surface area contributed by atoms with Gasteiger partial charge in [0.15, 0.2) is 0 Å². The van der Waals surface area contributed by atoms with Crippen LogP contribution >= 0.6 is 0 Å². The molecule has 0 aliphatic rings. The molecule has 0 saturated carbocycles. The van der Waals surface area contributed by atoms with Crippen molar-refractivity contribution in [2.75, 3.05) is 7.05 Å². The highest BCUT2D eigenvalue weighted by Crippen LogP contribution is 2.33. The maximum Gasteiger partial charge on any atom is 0.305 e. The molecule has 2 aromatic carbocycles. The van der Waals surface area contributed by atoms with E-state index in [1.54, 1.807) is 40.0 Å². The number of hydrogen-bond donors (Lipinski definition) is 2. The highest BCUT2D eigenvalue weighted by molar-refractivity contribution is 5.73. The van der Waals surface area contributed by atoms with Gasteiger partial charge in [-0.2, -0.15) is 0 Å². The summed E-state index contributed by atoms with van der Waals surface area (Å²) in [6.07, 6.45) is -0.225. The van der Waals surface area contributed by atoms with Crippen LogP contribution in [0.25, 0.3) is 11.1 Å². The standard InChI is InChI=1S/C19H21F2NO2/c1-10-6-14(20)7-11(2)18(10)13-5-12(3)19(21)15(8-13)16(22-4)9-17(23)24/h5-8,16,22H,9H2,1-4H3,(H,23,24)/t16-/m0/s1. The molecule has 0 aliphatic carbocycles. The molecular formula is C19H21F2NO2. The fraction of sp³-hybridized carbons (Fsp3) is 0.316. The summed E-state index contributed by atoms with van der Waals surface area (Å²) in [5.41, 5.74) is 3.83. The molecule has 1 atom stereocenters. The van der Waals surface area contributed by atoms with Gasteiger partial charge in [-0.05, 0) is 79.9 Å². The average Bonchev–Trinajstić information content (AvgIpc) is 2.47. The lowest BCUT2D eigenvalue weighted by atomic mass is 9.90. The normalized spacial score (nSPS) is 12.2. The minimum atomic E-state index is -1.01. The number of aliphatic carboxylic acids is 1. The molecule has 2 rings (SSSR count).